The average molecular weight is 520 g/mol. The molecule has 1 saturated carbocycles. The van der Waals surface area contributed by atoms with E-state index >= 15 is 0 Å². The highest BCUT2D eigenvalue weighted by Crippen LogP contribution is 2.52. The van der Waals surface area contributed by atoms with Crippen molar-refractivity contribution in [2.24, 2.45) is 0 Å². The van der Waals surface area contributed by atoms with Crippen molar-refractivity contribution in [1.29, 1.82) is 0 Å². The number of carbonyl (C=O) groups is 2. The maximum Gasteiger partial charge on any atom is 0.586 e. The van der Waals surface area contributed by atoms with Crippen LogP contribution in [0.1, 0.15) is 36.4 Å². The van der Waals surface area contributed by atoms with Gasteiger partial charge in [0.2, 0.25) is 5.91 Å². The number of carbonyl (C=O) groups excluding carboxylic acids is 2. The number of methoxy groups -OCH3 is 1. The van der Waals surface area contributed by atoms with Crippen molar-refractivity contribution in [2.45, 2.75) is 49.2 Å². The first-order chi connectivity index (χ1) is 17.7. The number of hydrogen-bond donors (Lipinski definition) is 4. The van der Waals surface area contributed by atoms with E-state index in [0.29, 0.717) is 35.5 Å². The number of amides is 2. The highest BCUT2D eigenvalue weighted by Gasteiger charge is 2.53. The number of alkyl halides is 2. The first-order valence-electron chi connectivity index (χ1n) is 11.8. The molecule has 2 heterocycles. The minimum atomic E-state index is -3.76. The Bertz CT molecular complexity index is 1220. The molecular weight excluding hydrogens is 494 g/mol. The van der Waals surface area contributed by atoms with E-state index in [1.54, 1.807) is 24.3 Å². The van der Waals surface area contributed by atoms with Gasteiger partial charge in [0.1, 0.15) is 11.5 Å². The van der Waals surface area contributed by atoms with E-state index in [2.05, 4.69) is 20.1 Å². The van der Waals surface area contributed by atoms with Crippen molar-refractivity contribution >= 4 is 11.8 Å². The molecule has 12 heteroatoms. The number of halogens is 2. The quantitative estimate of drug-likeness (QED) is 0.412. The molecule has 2 amide bonds. The molecule has 2 aromatic rings. The molecule has 0 saturated heterocycles. The van der Waals surface area contributed by atoms with E-state index in [4.69, 9.17) is 9.47 Å². The minimum absolute atomic E-state index is 0.0872. The van der Waals surface area contributed by atoms with Crippen LogP contribution in [0.5, 0.6) is 23.0 Å². The molecule has 2 aromatic carbocycles. The number of nitrogens with one attached hydrogen (secondary N) is 2. The van der Waals surface area contributed by atoms with Gasteiger partial charge in [-0.05, 0) is 42.7 Å². The second-order valence-corrected chi connectivity index (χ2v) is 9.25. The van der Waals surface area contributed by atoms with Crippen LogP contribution in [0.15, 0.2) is 36.4 Å². The highest BCUT2D eigenvalue weighted by molar-refractivity contribution is 5.92. The summed E-state index contributed by atoms with van der Waals surface area (Å²) < 4.78 is 47.1. The third kappa shape index (κ3) is 4.74. The molecule has 3 aliphatic rings. The normalized spacial score (nSPS) is 22.0. The molecule has 198 valence electrons. The largest absolute Gasteiger partial charge is 0.586 e. The van der Waals surface area contributed by atoms with Gasteiger partial charge in [0.25, 0.3) is 5.91 Å². The molecule has 1 fully saturated rings. The van der Waals surface area contributed by atoms with E-state index in [9.17, 15) is 28.6 Å². The first-order valence-corrected chi connectivity index (χ1v) is 11.8. The summed E-state index contributed by atoms with van der Waals surface area (Å²) in [5, 5.41) is 24.2. The Morgan fingerprint density at radius 3 is 2.49 bits per heavy atom. The Hall–Kier alpha value is -3.64. The van der Waals surface area contributed by atoms with Crippen LogP contribution in [0.4, 0.5) is 8.78 Å². The Morgan fingerprint density at radius 2 is 1.81 bits per heavy atom. The molecule has 0 aromatic heterocycles. The van der Waals surface area contributed by atoms with E-state index < -0.39 is 49.0 Å². The summed E-state index contributed by atoms with van der Waals surface area (Å²) in [6.07, 6.45) is -3.68. The summed E-state index contributed by atoms with van der Waals surface area (Å²) in [4.78, 5) is 26.4. The van der Waals surface area contributed by atoms with E-state index in [1.165, 1.54) is 19.2 Å². The monoisotopic (exact) mass is 520 g/mol. The molecule has 5 rings (SSSR count). The second kappa shape index (κ2) is 9.34. The van der Waals surface area contributed by atoms with Crippen LogP contribution in [-0.4, -0.2) is 60.8 Å². The number of aliphatic hydroxyl groups is 2. The molecular formula is C25H26F2N2O8. The summed E-state index contributed by atoms with van der Waals surface area (Å²) in [5.41, 5.74) is 0.230. The summed E-state index contributed by atoms with van der Waals surface area (Å²) in [5.74, 6) is -0.285. The molecule has 4 N–H and O–H groups in total. The van der Waals surface area contributed by atoms with E-state index in [1.807, 2.05) is 0 Å². The highest BCUT2D eigenvalue weighted by atomic mass is 19.3. The van der Waals surface area contributed by atoms with Gasteiger partial charge in [-0.1, -0.05) is 6.07 Å². The van der Waals surface area contributed by atoms with Crippen LogP contribution in [0, 0.1) is 0 Å². The molecule has 37 heavy (non-hydrogen) atoms. The Kier molecular flexibility index (Phi) is 6.32. The Labute approximate surface area is 210 Å². The summed E-state index contributed by atoms with van der Waals surface area (Å²) >= 11 is 0. The van der Waals surface area contributed by atoms with Gasteiger partial charge < -0.3 is 39.8 Å². The van der Waals surface area contributed by atoms with Crippen LogP contribution in [-0.2, 0) is 15.0 Å². The molecule has 2 aliphatic heterocycles. The van der Waals surface area contributed by atoms with Gasteiger partial charge in [0, 0.05) is 18.1 Å². The lowest BCUT2D eigenvalue weighted by Gasteiger charge is -2.33. The Balaban J connectivity index is 1.38. The van der Waals surface area contributed by atoms with Gasteiger partial charge in [0.05, 0.1) is 37.8 Å². The van der Waals surface area contributed by atoms with Crippen LogP contribution >= 0.6 is 0 Å². The number of ether oxygens (including phenoxy) is 4. The zero-order chi connectivity index (χ0) is 26.4. The van der Waals surface area contributed by atoms with Crippen molar-refractivity contribution in [3.8, 4) is 23.0 Å². The van der Waals surface area contributed by atoms with Crippen molar-refractivity contribution in [3.63, 3.8) is 0 Å². The van der Waals surface area contributed by atoms with Gasteiger partial charge >= 0.3 is 6.29 Å². The second-order valence-electron chi connectivity index (χ2n) is 9.25. The summed E-state index contributed by atoms with van der Waals surface area (Å²) in [6, 6.07) is 7.90. The number of hydrogen-bond acceptors (Lipinski definition) is 8. The van der Waals surface area contributed by atoms with Crippen molar-refractivity contribution in [3.05, 3.63) is 47.5 Å². The zero-order valence-electron chi connectivity index (χ0n) is 19.8. The van der Waals surface area contributed by atoms with Crippen LogP contribution in [0.2, 0.25) is 0 Å². The fourth-order valence-electron chi connectivity index (χ4n) is 4.63. The summed E-state index contributed by atoms with van der Waals surface area (Å²) in [6.45, 7) is -0.910. The zero-order valence-corrected chi connectivity index (χ0v) is 19.8. The lowest BCUT2D eigenvalue weighted by atomic mass is 9.91. The third-order valence-electron chi connectivity index (χ3n) is 6.84. The molecule has 10 nitrogen and oxygen atoms in total. The van der Waals surface area contributed by atoms with Gasteiger partial charge in [0.15, 0.2) is 17.6 Å². The maximum absolute atomic E-state index is 13.5. The molecule has 0 bridgehead atoms. The lowest BCUT2D eigenvalue weighted by Crippen LogP contribution is -2.50. The molecule has 1 aliphatic carbocycles. The van der Waals surface area contributed by atoms with Crippen LogP contribution in [0.25, 0.3) is 0 Å². The standard InChI is InChI=1S/C25H26F2N2O8/c1-34-15-3-4-16-17(10-21(35-19(16)9-15)22(32)28-14(11-30)12-31)29-23(33)24(6-7-24)13-2-5-18-20(8-13)37-25(26,27)36-18/h2-5,8-9,14,17,21,30-31H,6-7,10-12H2,1H3,(H,28,32)(H,29,33). The fourth-order valence-corrected chi connectivity index (χ4v) is 4.63. The molecule has 2 atom stereocenters. The van der Waals surface area contributed by atoms with Crippen molar-refractivity contribution < 1.29 is 47.5 Å². The summed E-state index contributed by atoms with van der Waals surface area (Å²) in [7, 11) is 1.49. The van der Waals surface area contributed by atoms with Crippen molar-refractivity contribution in [2.75, 3.05) is 20.3 Å². The molecule has 2 unspecified atom stereocenters. The van der Waals surface area contributed by atoms with Crippen LogP contribution in [0.3, 0.4) is 0 Å². The fraction of sp³-hybridized carbons (Fsp3) is 0.440. The van der Waals surface area contributed by atoms with E-state index in [-0.39, 0.29) is 23.8 Å². The molecule has 0 radical (unpaired) electrons. The maximum atomic E-state index is 13.5. The topological polar surface area (TPSA) is 136 Å². The van der Waals surface area contributed by atoms with Crippen molar-refractivity contribution in [1.82, 2.24) is 10.6 Å². The van der Waals surface area contributed by atoms with Gasteiger partial charge in [-0.15, -0.1) is 8.78 Å². The Morgan fingerprint density at radius 1 is 1.08 bits per heavy atom. The minimum Gasteiger partial charge on any atom is -0.497 e. The third-order valence-corrected chi connectivity index (χ3v) is 6.84. The predicted octanol–water partition coefficient (Wildman–Crippen LogP) is 1.53. The number of fused-ring (bicyclic) bond motifs is 2. The number of aliphatic hydroxyl groups excluding tert-OH is 2. The predicted molar refractivity (Wildman–Crippen MR) is 123 cm³/mol. The first kappa shape index (κ1) is 25.0. The molecule has 0 spiro atoms. The van der Waals surface area contributed by atoms with Gasteiger partial charge in [-0.25, -0.2) is 0 Å². The average Bonchev–Trinajstić information content (AvgIpc) is 3.63. The SMILES string of the molecule is COc1ccc2c(c1)OC(C(=O)NC(CO)CO)CC2NC(=O)C1(c2ccc3c(c2)OC(F)(F)O3)CC1. The van der Waals surface area contributed by atoms with Gasteiger partial charge in [-0.3, -0.25) is 9.59 Å². The smallest absolute Gasteiger partial charge is 0.497 e. The van der Waals surface area contributed by atoms with E-state index in [0.717, 1.165) is 0 Å². The number of benzene rings is 2. The van der Waals surface area contributed by atoms with Gasteiger partial charge in [-0.2, -0.15) is 0 Å². The lowest BCUT2D eigenvalue weighted by molar-refractivity contribution is -0.286. The number of rotatable bonds is 8. The van der Waals surface area contributed by atoms with Crippen LogP contribution < -0.4 is 29.6 Å².